The first-order valence-electron chi connectivity index (χ1n) is 6.85. The maximum atomic E-state index is 11.0. The Morgan fingerprint density at radius 2 is 1.82 bits per heavy atom. The Morgan fingerprint density at radius 3 is 2.32 bits per heavy atom. The van der Waals surface area contributed by atoms with Gasteiger partial charge in [-0.2, -0.15) is 0 Å². The summed E-state index contributed by atoms with van der Waals surface area (Å²) in [6.07, 6.45) is 3.75. The Kier molecular flexibility index (Phi) is 7.25. The Hall–Kier alpha value is -2.76. The van der Waals surface area contributed by atoms with Gasteiger partial charge >= 0.3 is 11.9 Å². The smallest absolute Gasteiger partial charge is 0.356 e. The van der Waals surface area contributed by atoms with E-state index in [0.29, 0.717) is 18.7 Å². The Balaban J connectivity index is 0.000000220. The normalized spacial score (nSPS) is 9.36. The molecule has 2 aromatic rings. The standard InChI is InChI=1S/2C8H9NO2/c1-2-11-8(10)7-5-3-4-6-9-7;1-2-6-4-3-5-9-7(6)8(10)11/h3-6H,2H2,1H3;3-5H,2H2,1H3,(H,10,11). The first-order chi connectivity index (χ1) is 10.6. The molecule has 6 heteroatoms. The van der Waals surface area contributed by atoms with Gasteiger partial charge in [0.25, 0.3) is 0 Å². The topological polar surface area (TPSA) is 89.4 Å². The van der Waals surface area contributed by atoms with Crippen molar-refractivity contribution in [2.24, 2.45) is 0 Å². The highest BCUT2D eigenvalue weighted by atomic mass is 16.5. The average Bonchev–Trinajstić information content (AvgIpc) is 2.56. The van der Waals surface area contributed by atoms with Crippen LogP contribution < -0.4 is 0 Å². The lowest BCUT2D eigenvalue weighted by Crippen LogP contribution is -2.05. The number of carbonyl (C=O) groups is 2. The summed E-state index contributed by atoms with van der Waals surface area (Å²) in [5, 5.41) is 8.63. The van der Waals surface area contributed by atoms with E-state index in [4.69, 9.17) is 9.84 Å². The van der Waals surface area contributed by atoms with Crippen molar-refractivity contribution in [3.05, 3.63) is 59.7 Å². The van der Waals surface area contributed by atoms with Gasteiger partial charge in [-0.05, 0) is 37.1 Å². The van der Waals surface area contributed by atoms with E-state index >= 15 is 0 Å². The molecule has 0 unspecified atom stereocenters. The number of rotatable bonds is 4. The van der Waals surface area contributed by atoms with Crippen LogP contribution in [0.3, 0.4) is 0 Å². The number of carbonyl (C=O) groups excluding carboxylic acids is 1. The number of aryl methyl sites for hydroxylation is 1. The molecule has 0 aliphatic rings. The van der Waals surface area contributed by atoms with Gasteiger partial charge in [-0.3, -0.25) is 0 Å². The van der Waals surface area contributed by atoms with Crippen LogP contribution in [0.25, 0.3) is 0 Å². The molecule has 22 heavy (non-hydrogen) atoms. The van der Waals surface area contributed by atoms with E-state index in [1.165, 1.54) is 6.20 Å². The monoisotopic (exact) mass is 302 g/mol. The molecule has 0 aromatic carbocycles. The van der Waals surface area contributed by atoms with Crippen molar-refractivity contribution in [3.8, 4) is 0 Å². The van der Waals surface area contributed by atoms with Crippen LogP contribution in [0.1, 0.15) is 40.4 Å². The molecule has 0 amide bonds. The predicted octanol–water partition coefficient (Wildman–Crippen LogP) is 2.60. The Bertz CT molecular complexity index is 615. The summed E-state index contributed by atoms with van der Waals surface area (Å²) < 4.78 is 4.73. The maximum Gasteiger partial charge on any atom is 0.356 e. The van der Waals surface area contributed by atoms with E-state index in [-0.39, 0.29) is 11.7 Å². The van der Waals surface area contributed by atoms with Crippen molar-refractivity contribution in [1.29, 1.82) is 0 Å². The van der Waals surface area contributed by atoms with Crippen molar-refractivity contribution in [2.75, 3.05) is 6.61 Å². The van der Waals surface area contributed by atoms with E-state index in [0.717, 1.165) is 5.56 Å². The largest absolute Gasteiger partial charge is 0.477 e. The minimum atomic E-state index is -0.956. The average molecular weight is 302 g/mol. The fourth-order valence-corrected chi connectivity index (χ4v) is 1.61. The van der Waals surface area contributed by atoms with E-state index in [9.17, 15) is 9.59 Å². The van der Waals surface area contributed by atoms with Crippen LogP contribution in [0.2, 0.25) is 0 Å². The molecule has 2 aromatic heterocycles. The lowest BCUT2D eigenvalue weighted by Gasteiger charge is -1.99. The second-order valence-electron chi connectivity index (χ2n) is 4.11. The van der Waals surface area contributed by atoms with E-state index in [1.54, 1.807) is 43.5 Å². The number of esters is 1. The van der Waals surface area contributed by atoms with E-state index < -0.39 is 5.97 Å². The van der Waals surface area contributed by atoms with Crippen LogP contribution >= 0.6 is 0 Å². The molecular formula is C16H18N2O4. The van der Waals surface area contributed by atoms with Crippen LogP contribution in [-0.2, 0) is 11.2 Å². The summed E-state index contributed by atoms with van der Waals surface area (Å²) in [4.78, 5) is 29.1. The second kappa shape index (κ2) is 9.23. The molecule has 0 fully saturated rings. The molecule has 0 aliphatic carbocycles. The highest BCUT2D eigenvalue weighted by Crippen LogP contribution is 2.05. The van der Waals surface area contributed by atoms with E-state index in [1.807, 2.05) is 6.92 Å². The molecule has 116 valence electrons. The van der Waals surface area contributed by atoms with Crippen LogP contribution in [0.4, 0.5) is 0 Å². The van der Waals surface area contributed by atoms with Crippen LogP contribution in [0, 0.1) is 0 Å². The van der Waals surface area contributed by atoms with Crippen LogP contribution in [-0.4, -0.2) is 33.6 Å². The summed E-state index contributed by atoms with van der Waals surface area (Å²) in [6, 6.07) is 8.64. The number of hydrogen-bond donors (Lipinski definition) is 1. The van der Waals surface area contributed by atoms with Gasteiger partial charge in [-0.1, -0.05) is 19.1 Å². The van der Waals surface area contributed by atoms with E-state index in [2.05, 4.69) is 9.97 Å². The Labute approximate surface area is 128 Å². The summed E-state index contributed by atoms with van der Waals surface area (Å²) >= 11 is 0. The van der Waals surface area contributed by atoms with Crippen molar-refractivity contribution < 1.29 is 19.4 Å². The van der Waals surface area contributed by atoms with Gasteiger partial charge in [-0.25, -0.2) is 19.6 Å². The van der Waals surface area contributed by atoms with Crippen molar-refractivity contribution >= 4 is 11.9 Å². The quantitative estimate of drug-likeness (QED) is 0.873. The van der Waals surface area contributed by atoms with Crippen molar-refractivity contribution in [1.82, 2.24) is 9.97 Å². The second-order valence-corrected chi connectivity index (χ2v) is 4.11. The molecular weight excluding hydrogens is 284 g/mol. The predicted molar refractivity (Wildman–Crippen MR) is 80.8 cm³/mol. The number of hydrogen-bond acceptors (Lipinski definition) is 5. The van der Waals surface area contributed by atoms with Crippen LogP contribution in [0.15, 0.2) is 42.7 Å². The number of pyridine rings is 2. The van der Waals surface area contributed by atoms with Gasteiger partial charge in [-0.15, -0.1) is 0 Å². The number of carboxylic acids is 1. The first-order valence-corrected chi connectivity index (χ1v) is 6.85. The molecule has 0 saturated carbocycles. The molecule has 0 bridgehead atoms. The molecule has 0 saturated heterocycles. The molecule has 0 atom stereocenters. The zero-order valence-electron chi connectivity index (χ0n) is 12.5. The number of ether oxygens (including phenoxy) is 1. The van der Waals surface area contributed by atoms with Crippen molar-refractivity contribution in [2.45, 2.75) is 20.3 Å². The molecule has 0 spiro atoms. The zero-order chi connectivity index (χ0) is 16.4. The van der Waals surface area contributed by atoms with Gasteiger partial charge < -0.3 is 9.84 Å². The number of nitrogens with zero attached hydrogens (tertiary/aromatic N) is 2. The minimum Gasteiger partial charge on any atom is -0.477 e. The van der Waals surface area contributed by atoms with Crippen LogP contribution in [0.5, 0.6) is 0 Å². The lowest BCUT2D eigenvalue weighted by molar-refractivity contribution is 0.0519. The lowest BCUT2D eigenvalue weighted by atomic mass is 10.1. The number of carboxylic acid groups (broad SMARTS) is 1. The summed E-state index contributed by atoms with van der Waals surface area (Å²) in [5.41, 5.74) is 1.30. The summed E-state index contributed by atoms with van der Waals surface area (Å²) in [7, 11) is 0. The summed E-state index contributed by atoms with van der Waals surface area (Å²) in [6.45, 7) is 4.06. The molecule has 2 heterocycles. The zero-order valence-corrected chi connectivity index (χ0v) is 12.5. The van der Waals surface area contributed by atoms with Crippen molar-refractivity contribution in [3.63, 3.8) is 0 Å². The van der Waals surface area contributed by atoms with Gasteiger partial charge in [0.1, 0.15) is 5.69 Å². The third-order valence-electron chi connectivity index (χ3n) is 2.62. The van der Waals surface area contributed by atoms with Gasteiger partial charge in [0.05, 0.1) is 6.61 Å². The molecule has 0 aliphatic heterocycles. The Morgan fingerprint density at radius 1 is 1.09 bits per heavy atom. The molecule has 1 N–H and O–H groups in total. The third-order valence-corrected chi connectivity index (χ3v) is 2.62. The molecule has 6 nitrogen and oxygen atoms in total. The minimum absolute atomic E-state index is 0.162. The fourth-order valence-electron chi connectivity index (χ4n) is 1.61. The molecule has 2 rings (SSSR count). The van der Waals surface area contributed by atoms with Gasteiger partial charge in [0.2, 0.25) is 0 Å². The van der Waals surface area contributed by atoms with Gasteiger partial charge in [0.15, 0.2) is 5.69 Å². The number of aromatic nitrogens is 2. The van der Waals surface area contributed by atoms with Gasteiger partial charge in [0, 0.05) is 12.4 Å². The number of aromatic carboxylic acids is 1. The maximum absolute atomic E-state index is 11.0. The third kappa shape index (κ3) is 5.32. The first kappa shape index (κ1) is 17.3. The highest BCUT2D eigenvalue weighted by molar-refractivity contribution is 5.87. The highest BCUT2D eigenvalue weighted by Gasteiger charge is 2.07. The molecule has 0 radical (unpaired) electrons. The fraction of sp³-hybridized carbons (Fsp3) is 0.250. The SMILES string of the molecule is CCOC(=O)c1ccccn1.CCc1cccnc1C(=O)O. The summed E-state index contributed by atoms with van der Waals surface area (Å²) in [5.74, 6) is -1.32.